The quantitative estimate of drug-likeness (QED) is 0.843. The highest BCUT2D eigenvalue weighted by molar-refractivity contribution is 5.44. The van der Waals surface area contributed by atoms with Crippen LogP contribution in [0.2, 0.25) is 0 Å². The second kappa shape index (κ2) is 6.10. The van der Waals surface area contributed by atoms with Crippen molar-refractivity contribution in [2.45, 2.75) is 38.6 Å². The van der Waals surface area contributed by atoms with Crippen LogP contribution >= 0.6 is 0 Å². The average molecular weight is 251 g/mol. The SMILES string of the molecule is CNC(C)CC(C)(C)c1cc(OC)ccc1OC. The van der Waals surface area contributed by atoms with Crippen LogP contribution in [0.25, 0.3) is 0 Å². The van der Waals surface area contributed by atoms with Crippen LogP contribution in [-0.2, 0) is 5.41 Å². The van der Waals surface area contributed by atoms with E-state index in [9.17, 15) is 0 Å². The van der Waals surface area contributed by atoms with E-state index in [2.05, 4.69) is 32.2 Å². The summed E-state index contributed by atoms with van der Waals surface area (Å²) in [5.41, 5.74) is 1.22. The van der Waals surface area contributed by atoms with Crippen molar-refractivity contribution in [3.8, 4) is 11.5 Å². The van der Waals surface area contributed by atoms with Crippen molar-refractivity contribution in [3.05, 3.63) is 23.8 Å². The van der Waals surface area contributed by atoms with Gasteiger partial charge >= 0.3 is 0 Å². The van der Waals surface area contributed by atoms with Crippen LogP contribution in [0, 0.1) is 0 Å². The molecule has 1 atom stereocenters. The summed E-state index contributed by atoms with van der Waals surface area (Å²) in [5.74, 6) is 1.79. The van der Waals surface area contributed by atoms with Gasteiger partial charge in [-0.1, -0.05) is 13.8 Å². The van der Waals surface area contributed by atoms with E-state index in [4.69, 9.17) is 9.47 Å². The molecule has 0 fully saturated rings. The van der Waals surface area contributed by atoms with Gasteiger partial charge < -0.3 is 14.8 Å². The first-order valence-electron chi connectivity index (χ1n) is 6.34. The summed E-state index contributed by atoms with van der Waals surface area (Å²) in [6.45, 7) is 6.66. The lowest BCUT2D eigenvalue weighted by molar-refractivity contribution is 0.360. The topological polar surface area (TPSA) is 30.5 Å². The molecule has 0 heterocycles. The Morgan fingerprint density at radius 1 is 1.22 bits per heavy atom. The zero-order valence-electron chi connectivity index (χ0n) is 12.3. The van der Waals surface area contributed by atoms with Crippen molar-refractivity contribution < 1.29 is 9.47 Å². The van der Waals surface area contributed by atoms with Gasteiger partial charge in [0.1, 0.15) is 11.5 Å². The van der Waals surface area contributed by atoms with Crippen molar-refractivity contribution in [2.24, 2.45) is 0 Å². The summed E-state index contributed by atoms with van der Waals surface area (Å²) in [6.07, 6.45) is 1.03. The minimum atomic E-state index is 0.0301. The summed E-state index contributed by atoms with van der Waals surface area (Å²) in [5, 5.41) is 3.28. The van der Waals surface area contributed by atoms with E-state index in [1.807, 2.05) is 19.2 Å². The van der Waals surface area contributed by atoms with Crippen LogP contribution in [0.15, 0.2) is 18.2 Å². The van der Waals surface area contributed by atoms with Gasteiger partial charge in [-0.15, -0.1) is 0 Å². The van der Waals surface area contributed by atoms with Crippen molar-refractivity contribution in [3.63, 3.8) is 0 Å². The van der Waals surface area contributed by atoms with E-state index < -0.39 is 0 Å². The van der Waals surface area contributed by atoms with Crippen molar-refractivity contribution in [1.82, 2.24) is 5.32 Å². The average Bonchev–Trinajstić information content (AvgIpc) is 2.37. The molecule has 0 saturated heterocycles. The van der Waals surface area contributed by atoms with E-state index in [0.29, 0.717) is 6.04 Å². The largest absolute Gasteiger partial charge is 0.497 e. The first-order valence-corrected chi connectivity index (χ1v) is 6.34. The Kier molecular flexibility index (Phi) is 5.03. The third-order valence-electron chi connectivity index (χ3n) is 3.45. The predicted molar refractivity (Wildman–Crippen MR) is 75.7 cm³/mol. The molecule has 1 aromatic rings. The third-order valence-corrected chi connectivity index (χ3v) is 3.45. The lowest BCUT2D eigenvalue weighted by atomic mass is 9.78. The van der Waals surface area contributed by atoms with Crippen LogP contribution < -0.4 is 14.8 Å². The van der Waals surface area contributed by atoms with Crippen LogP contribution in [0.4, 0.5) is 0 Å². The molecule has 0 aromatic heterocycles. The fourth-order valence-electron chi connectivity index (χ4n) is 2.32. The lowest BCUT2D eigenvalue weighted by Gasteiger charge is -2.30. The molecule has 18 heavy (non-hydrogen) atoms. The summed E-state index contributed by atoms with van der Waals surface area (Å²) >= 11 is 0. The number of ether oxygens (including phenoxy) is 2. The molecule has 1 unspecified atom stereocenters. The van der Waals surface area contributed by atoms with Crippen LogP contribution in [-0.4, -0.2) is 27.3 Å². The molecule has 0 spiro atoms. The number of methoxy groups -OCH3 is 2. The van der Waals surface area contributed by atoms with Gasteiger partial charge in [0.05, 0.1) is 14.2 Å². The summed E-state index contributed by atoms with van der Waals surface area (Å²) in [4.78, 5) is 0. The second-order valence-corrected chi connectivity index (χ2v) is 5.34. The highest BCUT2D eigenvalue weighted by Crippen LogP contribution is 2.37. The van der Waals surface area contributed by atoms with Gasteiger partial charge in [-0.25, -0.2) is 0 Å². The number of hydrogen-bond acceptors (Lipinski definition) is 3. The first kappa shape index (κ1) is 14.8. The fourth-order valence-corrected chi connectivity index (χ4v) is 2.32. The molecule has 3 nitrogen and oxygen atoms in total. The monoisotopic (exact) mass is 251 g/mol. The Labute approximate surface area is 110 Å². The van der Waals surface area contributed by atoms with Crippen molar-refractivity contribution in [1.29, 1.82) is 0 Å². The minimum Gasteiger partial charge on any atom is -0.497 e. The molecule has 0 aliphatic carbocycles. The van der Waals surface area contributed by atoms with E-state index >= 15 is 0 Å². The maximum Gasteiger partial charge on any atom is 0.122 e. The summed E-state index contributed by atoms with van der Waals surface area (Å²) in [7, 11) is 5.39. The third kappa shape index (κ3) is 3.39. The van der Waals surface area contributed by atoms with E-state index in [1.54, 1.807) is 14.2 Å². The van der Waals surface area contributed by atoms with Gasteiger partial charge in [0, 0.05) is 11.6 Å². The van der Waals surface area contributed by atoms with Crippen LogP contribution in [0.3, 0.4) is 0 Å². The highest BCUT2D eigenvalue weighted by atomic mass is 16.5. The van der Waals surface area contributed by atoms with Gasteiger partial charge in [0.2, 0.25) is 0 Å². The van der Waals surface area contributed by atoms with Crippen LogP contribution in [0.5, 0.6) is 11.5 Å². The Morgan fingerprint density at radius 2 is 1.89 bits per heavy atom. The molecular formula is C15H25NO2. The molecule has 1 N–H and O–H groups in total. The molecule has 102 valence electrons. The van der Waals surface area contributed by atoms with Crippen LogP contribution in [0.1, 0.15) is 32.8 Å². The molecular weight excluding hydrogens is 226 g/mol. The molecule has 1 aromatic carbocycles. The maximum absolute atomic E-state index is 5.47. The second-order valence-electron chi connectivity index (χ2n) is 5.34. The molecule has 0 bridgehead atoms. The smallest absolute Gasteiger partial charge is 0.122 e. The number of benzene rings is 1. The predicted octanol–water partition coefficient (Wildman–Crippen LogP) is 2.98. The number of nitrogens with one attached hydrogen (secondary N) is 1. The number of rotatable bonds is 6. The Morgan fingerprint density at radius 3 is 2.39 bits per heavy atom. The molecule has 0 saturated carbocycles. The summed E-state index contributed by atoms with van der Waals surface area (Å²) < 4.78 is 10.8. The molecule has 0 aliphatic heterocycles. The Balaban J connectivity index is 3.11. The normalized spacial score (nSPS) is 13.2. The lowest BCUT2D eigenvalue weighted by Crippen LogP contribution is -2.31. The molecule has 3 heteroatoms. The minimum absolute atomic E-state index is 0.0301. The van der Waals surface area contributed by atoms with Crippen molar-refractivity contribution in [2.75, 3.05) is 21.3 Å². The van der Waals surface area contributed by atoms with Gasteiger partial charge in [-0.3, -0.25) is 0 Å². The van der Waals surface area contributed by atoms with Gasteiger partial charge in [0.15, 0.2) is 0 Å². The first-order chi connectivity index (χ1) is 8.44. The van der Waals surface area contributed by atoms with Gasteiger partial charge in [0.25, 0.3) is 0 Å². The Bertz CT molecular complexity index is 388. The van der Waals surface area contributed by atoms with E-state index in [0.717, 1.165) is 17.9 Å². The molecule has 0 aliphatic rings. The van der Waals surface area contributed by atoms with E-state index in [1.165, 1.54) is 5.56 Å². The van der Waals surface area contributed by atoms with E-state index in [-0.39, 0.29) is 5.41 Å². The molecule has 0 amide bonds. The highest BCUT2D eigenvalue weighted by Gasteiger charge is 2.26. The molecule has 0 radical (unpaired) electrons. The van der Waals surface area contributed by atoms with Gasteiger partial charge in [-0.2, -0.15) is 0 Å². The Hall–Kier alpha value is -1.22. The zero-order chi connectivity index (χ0) is 13.8. The molecule has 1 rings (SSSR count). The maximum atomic E-state index is 5.47. The van der Waals surface area contributed by atoms with Crippen molar-refractivity contribution >= 4 is 0 Å². The zero-order valence-corrected chi connectivity index (χ0v) is 12.3. The summed E-state index contributed by atoms with van der Waals surface area (Å²) in [6, 6.07) is 6.43. The standard InChI is InChI=1S/C15H25NO2/c1-11(16-4)10-15(2,3)13-9-12(17-5)7-8-14(13)18-6/h7-9,11,16H,10H2,1-6H3. The fraction of sp³-hybridized carbons (Fsp3) is 0.600. The van der Waals surface area contributed by atoms with Gasteiger partial charge in [-0.05, 0) is 44.0 Å². The number of hydrogen-bond donors (Lipinski definition) is 1.